The molecule has 28 heavy (non-hydrogen) atoms. The number of allylic oxidation sites excluding steroid dienone is 2. The molecule has 1 atom stereocenters. The number of ether oxygens (including phenoxy) is 2. The van der Waals surface area contributed by atoms with Crippen molar-refractivity contribution in [2.24, 2.45) is 11.1 Å². The van der Waals surface area contributed by atoms with Gasteiger partial charge in [0, 0.05) is 30.5 Å². The summed E-state index contributed by atoms with van der Waals surface area (Å²) in [5, 5.41) is 11.0. The lowest BCUT2D eigenvalue weighted by Gasteiger charge is -2.37. The molecule has 0 amide bonds. The molecule has 8 nitrogen and oxygen atoms in total. The van der Waals surface area contributed by atoms with Gasteiger partial charge in [-0.3, -0.25) is 14.9 Å². The number of ketones is 1. The number of rotatable bonds is 4. The van der Waals surface area contributed by atoms with E-state index in [1.807, 2.05) is 13.8 Å². The number of hydrogen-bond donors (Lipinski definition) is 1. The maximum absolute atomic E-state index is 13.0. The van der Waals surface area contributed by atoms with Crippen LogP contribution in [0.25, 0.3) is 0 Å². The molecule has 1 aliphatic carbocycles. The Hall–Kier alpha value is -3.16. The molecular weight excluding hydrogens is 364 g/mol. The van der Waals surface area contributed by atoms with Crippen LogP contribution >= 0.6 is 0 Å². The minimum Gasteiger partial charge on any atom is -0.462 e. The summed E-state index contributed by atoms with van der Waals surface area (Å²) < 4.78 is 10.8. The maximum Gasteiger partial charge on any atom is 0.340 e. The summed E-state index contributed by atoms with van der Waals surface area (Å²) in [6.45, 7) is 5.72. The van der Waals surface area contributed by atoms with Crippen molar-refractivity contribution < 1.29 is 24.0 Å². The fraction of sp³-hybridized carbons (Fsp3) is 0.400. The van der Waals surface area contributed by atoms with Crippen LogP contribution in [0.5, 0.6) is 0 Å². The summed E-state index contributed by atoms with van der Waals surface area (Å²) in [5.41, 5.74) is 6.63. The SMILES string of the molecule is CCOC(=O)C1=C(N)OC2=C(C(=O)CC(C)(C)C2)C1c1ccc([N+](=O)[O-])cc1. The lowest BCUT2D eigenvalue weighted by atomic mass is 9.70. The number of esters is 1. The summed E-state index contributed by atoms with van der Waals surface area (Å²) in [6, 6.07) is 5.72. The highest BCUT2D eigenvalue weighted by atomic mass is 16.6. The Morgan fingerprint density at radius 3 is 2.54 bits per heavy atom. The molecule has 2 aliphatic rings. The van der Waals surface area contributed by atoms with E-state index in [0.717, 1.165) is 0 Å². The largest absolute Gasteiger partial charge is 0.462 e. The third-order valence-electron chi connectivity index (χ3n) is 4.89. The van der Waals surface area contributed by atoms with Gasteiger partial charge >= 0.3 is 5.97 Å². The molecular formula is C20H22N2O6. The molecule has 148 valence electrons. The highest BCUT2D eigenvalue weighted by molar-refractivity contribution is 6.03. The third kappa shape index (κ3) is 3.49. The Labute approximate surface area is 162 Å². The van der Waals surface area contributed by atoms with Gasteiger partial charge in [-0.25, -0.2) is 4.79 Å². The van der Waals surface area contributed by atoms with Gasteiger partial charge in [-0.1, -0.05) is 26.0 Å². The van der Waals surface area contributed by atoms with E-state index in [2.05, 4.69) is 0 Å². The number of nitro benzene ring substituents is 1. The fourth-order valence-corrected chi connectivity index (χ4v) is 3.71. The van der Waals surface area contributed by atoms with Gasteiger partial charge in [0.2, 0.25) is 5.88 Å². The molecule has 3 rings (SSSR count). The lowest BCUT2D eigenvalue weighted by molar-refractivity contribution is -0.384. The lowest BCUT2D eigenvalue weighted by Crippen LogP contribution is -2.35. The van der Waals surface area contributed by atoms with E-state index >= 15 is 0 Å². The molecule has 0 radical (unpaired) electrons. The molecule has 2 N–H and O–H groups in total. The topological polar surface area (TPSA) is 122 Å². The molecule has 1 aromatic carbocycles. The van der Waals surface area contributed by atoms with Crippen LogP contribution in [0.1, 0.15) is 45.1 Å². The third-order valence-corrected chi connectivity index (χ3v) is 4.89. The minimum absolute atomic E-state index is 0.0440. The number of Topliss-reactive ketones (excluding diaryl/α,β-unsaturated/α-hetero) is 1. The van der Waals surface area contributed by atoms with Crippen molar-refractivity contribution in [1.29, 1.82) is 0 Å². The predicted molar refractivity (Wildman–Crippen MR) is 99.8 cm³/mol. The summed E-state index contributed by atoms with van der Waals surface area (Å²) in [7, 11) is 0. The second-order valence-electron chi connectivity index (χ2n) is 7.66. The molecule has 1 aliphatic heterocycles. The Morgan fingerprint density at radius 1 is 1.32 bits per heavy atom. The molecule has 1 unspecified atom stereocenters. The number of hydrogen-bond acceptors (Lipinski definition) is 7. The summed E-state index contributed by atoms with van der Waals surface area (Å²) in [5.74, 6) is -1.26. The second-order valence-corrected chi connectivity index (χ2v) is 7.66. The van der Waals surface area contributed by atoms with Gasteiger partial charge in [0.1, 0.15) is 11.3 Å². The van der Waals surface area contributed by atoms with Crippen molar-refractivity contribution in [3.05, 3.63) is 62.7 Å². The summed E-state index contributed by atoms with van der Waals surface area (Å²) >= 11 is 0. The monoisotopic (exact) mass is 386 g/mol. The first-order valence-corrected chi connectivity index (χ1v) is 9.00. The van der Waals surface area contributed by atoms with Gasteiger partial charge in [0.25, 0.3) is 5.69 Å². The van der Waals surface area contributed by atoms with Crippen LogP contribution in [-0.4, -0.2) is 23.3 Å². The molecule has 1 aromatic rings. The van der Waals surface area contributed by atoms with Crippen LogP contribution in [0.15, 0.2) is 47.1 Å². The number of nitro groups is 1. The van der Waals surface area contributed by atoms with Gasteiger partial charge in [-0.05, 0) is 17.9 Å². The van der Waals surface area contributed by atoms with E-state index in [4.69, 9.17) is 15.2 Å². The van der Waals surface area contributed by atoms with E-state index in [-0.39, 0.29) is 34.9 Å². The Bertz CT molecular complexity index is 911. The average Bonchev–Trinajstić information content (AvgIpc) is 2.59. The molecule has 0 saturated heterocycles. The second kappa shape index (κ2) is 7.10. The standard InChI is InChI=1S/C20H22N2O6/c1-4-27-19(24)17-15(11-5-7-12(8-6-11)22(25)26)16-13(23)9-20(2,3)10-14(16)28-18(17)21/h5-8,15H,4,9-10,21H2,1-3H3. The Kier molecular flexibility index (Phi) is 4.97. The molecule has 0 bridgehead atoms. The number of benzene rings is 1. The van der Waals surface area contributed by atoms with E-state index in [1.165, 1.54) is 24.3 Å². The molecule has 1 heterocycles. The predicted octanol–water partition coefficient (Wildman–Crippen LogP) is 3.09. The molecule has 8 heteroatoms. The number of carbonyl (C=O) groups excluding carboxylic acids is 2. The zero-order valence-electron chi connectivity index (χ0n) is 16.0. The van der Waals surface area contributed by atoms with Crippen molar-refractivity contribution in [2.75, 3.05) is 6.61 Å². The zero-order chi connectivity index (χ0) is 20.6. The summed E-state index contributed by atoms with van der Waals surface area (Å²) in [4.78, 5) is 36.0. The smallest absolute Gasteiger partial charge is 0.340 e. The Balaban J connectivity index is 2.16. The highest BCUT2D eigenvalue weighted by Crippen LogP contribution is 2.48. The maximum atomic E-state index is 13.0. The van der Waals surface area contributed by atoms with Gasteiger partial charge in [0.15, 0.2) is 5.78 Å². The molecule has 0 spiro atoms. The average molecular weight is 386 g/mol. The molecule has 0 aromatic heterocycles. The summed E-state index contributed by atoms with van der Waals surface area (Å²) in [6.07, 6.45) is 0.795. The molecule has 0 saturated carbocycles. The van der Waals surface area contributed by atoms with Crippen LogP contribution in [0.3, 0.4) is 0 Å². The van der Waals surface area contributed by atoms with Crippen molar-refractivity contribution in [3.8, 4) is 0 Å². The zero-order valence-corrected chi connectivity index (χ0v) is 16.0. The normalized spacial score (nSPS) is 21.1. The first kappa shape index (κ1) is 19.6. The van der Waals surface area contributed by atoms with Gasteiger partial charge in [-0.15, -0.1) is 0 Å². The molecule has 0 fully saturated rings. The number of nitrogens with two attached hydrogens (primary N) is 1. The van der Waals surface area contributed by atoms with E-state index in [1.54, 1.807) is 6.92 Å². The van der Waals surface area contributed by atoms with E-state index in [9.17, 15) is 19.7 Å². The first-order chi connectivity index (χ1) is 13.1. The van der Waals surface area contributed by atoms with Crippen molar-refractivity contribution in [3.63, 3.8) is 0 Å². The van der Waals surface area contributed by atoms with Crippen LogP contribution in [0.4, 0.5) is 5.69 Å². The van der Waals surface area contributed by atoms with E-state index in [0.29, 0.717) is 29.7 Å². The van der Waals surface area contributed by atoms with Gasteiger partial charge in [-0.2, -0.15) is 0 Å². The first-order valence-electron chi connectivity index (χ1n) is 9.00. The number of carbonyl (C=O) groups is 2. The van der Waals surface area contributed by atoms with E-state index < -0.39 is 16.8 Å². The van der Waals surface area contributed by atoms with Crippen molar-refractivity contribution in [1.82, 2.24) is 0 Å². The van der Waals surface area contributed by atoms with Crippen LogP contribution in [0, 0.1) is 15.5 Å². The van der Waals surface area contributed by atoms with Gasteiger partial charge in [0.05, 0.1) is 17.4 Å². The minimum atomic E-state index is -0.785. The van der Waals surface area contributed by atoms with Gasteiger partial charge < -0.3 is 15.2 Å². The number of non-ortho nitro benzene ring substituents is 1. The fourth-order valence-electron chi connectivity index (χ4n) is 3.71. The highest BCUT2D eigenvalue weighted by Gasteiger charge is 2.45. The number of nitrogens with zero attached hydrogens (tertiary/aromatic N) is 1. The van der Waals surface area contributed by atoms with Crippen molar-refractivity contribution >= 4 is 17.4 Å². The van der Waals surface area contributed by atoms with Crippen molar-refractivity contribution in [2.45, 2.75) is 39.5 Å². The van der Waals surface area contributed by atoms with Crippen LogP contribution in [0.2, 0.25) is 0 Å². The van der Waals surface area contributed by atoms with Crippen LogP contribution in [-0.2, 0) is 19.1 Å². The Morgan fingerprint density at radius 2 is 1.96 bits per heavy atom. The quantitative estimate of drug-likeness (QED) is 0.479. The van der Waals surface area contributed by atoms with Crippen LogP contribution < -0.4 is 5.73 Å².